The van der Waals surface area contributed by atoms with E-state index in [9.17, 15) is 0 Å². The molecular formula is C19H26N4O. The van der Waals surface area contributed by atoms with Gasteiger partial charge in [0, 0.05) is 62.9 Å². The van der Waals surface area contributed by atoms with Crippen molar-refractivity contribution in [3.63, 3.8) is 0 Å². The minimum Gasteiger partial charge on any atom is -0.381 e. The fourth-order valence-corrected chi connectivity index (χ4v) is 3.55. The minimum atomic E-state index is 0.420. The van der Waals surface area contributed by atoms with Crippen molar-refractivity contribution in [2.45, 2.75) is 45.3 Å². The monoisotopic (exact) mass is 326 g/mol. The summed E-state index contributed by atoms with van der Waals surface area (Å²) in [7, 11) is 0. The standard InChI is InChI=1S/C19H26N4O/c1-2-24-14-17-11-22(9-16-5-7-20-8-6-16)13-19-18(17)12-23(21-19)10-15-3-4-15/h5-8,12,15,17H,2-4,9-11,13-14H2,1H3. The number of fused-ring (bicyclic) bond motifs is 1. The Balaban J connectivity index is 1.51. The van der Waals surface area contributed by atoms with Crippen LogP contribution in [0.1, 0.15) is 42.5 Å². The van der Waals surface area contributed by atoms with Gasteiger partial charge in [0.2, 0.25) is 0 Å². The van der Waals surface area contributed by atoms with Gasteiger partial charge in [0.15, 0.2) is 0 Å². The first-order chi connectivity index (χ1) is 11.8. The SMILES string of the molecule is CCOCC1CN(Cc2ccncc2)Cc2nn(CC3CC3)cc21. The topological polar surface area (TPSA) is 43.2 Å². The highest BCUT2D eigenvalue weighted by atomic mass is 16.5. The predicted molar refractivity (Wildman–Crippen MR) is 92.5 cm³/mol. The third kappa shape index (κ3) is 3.68. The van der Waals surface area contributed by atoms with Crippen molar-refractivity contribution in [3.8, 4) is 0 Å². The summed E-state index contributed by atoms with van der Waals surface area (Å²) in [6.45, 7) is 7.61. The molecule has 128 valence electrons. The molecule has 2 aliphatic rings. The smallest absolute Gasteiger partial charge is 0.0801 e. The maximum atomic E-state index is 5.76. The van der Waals surface area contributed by atoms with E-state index in [0.717, 1.165) is 45.3 Å². The maximum absolute atomic E-state index is 5.76. The normalized spacial score (nSPS) is 21.0. The van der Waals surface area contributed by atoms with E-state index in [1.807, 2.05) is 12.4 Å². The van der Waals surface area contributed by atoms with Gasteiger partial charge in [-0.25, -0.2) is 0 Å². The Labute approximate surface area is 143 Å². The van der Waals surface area contributed by atoms with Crippen LogP contribution < -0.4 is 0 Å². The fourth-order valence-electron chi connectivity index (χ4n) is 3.55. The average Bonchev–Trinajstić information content (AvgIpc) is 3.31. The second-order valence-corrected chi connectivity index (χ2v) is 7.08. The van der Waals surface area contributed by atoms with E-state index < -0.39 is 0 Å². The third-order valence-electron chi connectivity index (χ3n) is 4.98. The van der Waals surface area contributed by atoms with Crippen LogP contribution in [-0.2, 0) is 24.4 Å². The molecule has 5 heteroatoms. The Morgan fingerprint density at radius 1 is 1.25 bits per heavy atom. The van der Waals surface area contributed by atoms with Gasteiger partial charge in [-0.1, -0.05) is 0 Å². The summed E-state index contributed by atoms with van der Waals surface area (Å²) in [4.78, 5) is 6.59. The summed E-state index contributed by atoms with van der Waals surface area (Å²) in [5.41, 5.74) is 3.94. The molecule has 24 heavy (non-hydrogen) atoms. The van der Waals surface area contributed by atoms with Crippen LogP contribution in [0.5, 0.6) is 0 Å². The van der Waals surface area contributed by atoms with Gasteiger partial charge in [0.1, 0.15) is 0 Å². The molecule has 2 aromatic rings. The molecular weight excluding hydrogens is 300 g/mol. The second kappa shape index (κ2) is 7.03. The molecule has 4 rings (SSSR count). The number of hydrogen-bond acceptors (Lipinski definition) is 4. The minimum absolute atomic E-state index is 0.420. The van der Waals surface area contributed by atoms with E-state index in [1.54, 1.807) is 0 Å². The van der Waals surface area contributed by atoms with Crippen LogP contribution in [0.25, 0.3) is 0 Å². The lowest BCUT2D eigenvalue weighted by atomic mass is 9.95. The zero-order valence-electron chi connectivity index (χ0n) is 14.4. The summed E-state index contributed by atoms with van der Waals surface area (Å²) in [6, 6.07) is 4.19. The van der Waals surface area contributed by atoms with Gasteiger partial charge in [-0.2, -0.15) is 5.10 Å². The van der Waals surface area contributed by atoms with Gasteiger partial charge in [0.05, 0.1) is 12.3 Å². The molecule has 3 heterocycles. The summed E-state index contributed by atoms with van der Waals surface area (Å²) < 4.78 is 7.94. The molecule has 0 bridgehead atoms. The predicted octanol–water partition coefficient (Wildman–Crippen LogP) is 2.82. The summed E-state index contributed by atoms with van der Waals surface area (Å²) >= 11 is 0. The lowest BCUT2D eigenvalue weighted by molar-refractivity contribution is 0.105. The van der Waals surface area contributed by atoms with Crippen molar-refractivity contribution in [1.82, 2.24) is 19.7 Å². The Hall–Kier alpha value is -1.72. The quantitative estimate of drug-likeness (QED) is 0.785. The van der Waals surface area contributed by atoms with E-state index in [-0.39, 0.29) is 0 Å². The second-order valence-electron chi connectivity index (χ2n) is 7.08. The highest BCUT2D eigenvalue weighted by Gasteiger charge is 2.30. The van der Waals surface area contributed by atoms with Crippen LogP contribution in [0.2, 0.25) is 0 Å². The van der Waals surface area contributed by atoms with Gasteiger partial charge in [0.25, 0.3) is 0 Å². The van der Waals surface area contributed by atoms with Gasteiger partial charge < -0.3 is 4.74 Å². The number of hydrogen-bond donors (Lipinski definition) is 0. The Bertz CT molecular complexity index is 665. The Kier molecular flexibility index (Phi) is 4.63. The summed E-state index contributed by atoms with van der Waals surface area (Å²) in [6.07, 6.45) is 8.74. The summed E-state index contributed by atoms with van der Waals surface area (Å²) in [5.74, 6) is 1.27. The molecule has 0 saturated heterocycles. The molecule has 1 atom stereocenters. The van der Waals surface area contributed by atoms with Crippen molar-refractivity contribution in [1.29, 1.82) is 0 Å². The van der Waals surface area contributed by atoms with Crippen molar-refractivity contribution < 1.29 is 4.74 Å². The Morgan fingerprint density at radius 3 is 2.83 bits per heavy atom. The molecule has 0 N–H and O–H groups in total. The molecule has 1 fully saturated rings. The highest BCUT2D eigenvalue weighted by Crippen LogP contribution is 2.33. The van der Waals surface area contributed by atoms with Crippen LogP contribution >= 0.6 is 0 Å². The zero-order chi connectivity index (χ0) is 16.4. The zero-order valence-corrected chi connectivity index (χ0v) is 14.4. The fraction of sp³-hybridized carbons (Fsp3) is 0.579. The van der Waals surface area contributed by atoms with Crippen LogP contribution in [0.4, 0.5) is 0 Å². The van der Waals surface area contributed by atoms with E-state index in [1.165, 1.54) is 29.7 Å². The van der Waals surface area contributed by atoms with Crippen molar-refractivity contribution in [2.24, 2.45) is 5.92 Å². The molecule has 1 aliphatic carbocycles. The number of ether oxygens (including phenoxy) is 1. The van der Waals surface area contributed by atoms with Crippen molar-refractivity contribution in [2.75, 3.05) is 19.8 Å². The van der Waals surface area contributed by atoms with E-state index in [4.69, 9.17) is 9.84 Å². The first kappa shape index (κ1) is 15.8. The number of pyridine rings is 1. The Morgan fingerprint density at radius 2 is 2.08 bits per heavy atom. The number of rotatable bonds is 7. The molecule has 0 spiro atoms. The van der Waals surface area contributed by atoms with Gasteiger partial charge in [-0.05, 0) is 43.4 Å². The van der Waals surface area contributed by atoms with E-state index >= 15 is 0 Å². The molecule has 1 saturated carbocycles. The van der Waals surface area contributed by atoms with E-state index in [0.29, 0.717) is 5.92 Å². The van der Waals surface area contributed by atoms with Crippen LogP contribution in [0, 0.1) is 5.92 Å². The first-order valence-corrected chi connectivity index (χ1v) is 9.07. The highest BCUT2D eigenvalue weighted by molar-refractivity contribution is 5.26. The number of nitrogens with zero attached hydrogens (tertiary/aromatic N) is 4. The van der Waals surface area contributed by atoms with Gasteiger partial charge in [-0.3, -0.25) is 14.6 Å². The van der Waals surface area contributed by atoms with E-state index in [2.05, 4.69) is 39.8 Å². The summed E-state index contributed by atoms with van der Waals surface area (Å²) in [5, 5.41) is 4.89. The van der Waals surface area contributed by atoms with Crippen LogP contribution in [-0.4, -0.2) is 39.4 Å². The molecule has 1 aliphatic heterocycles. The van der Waals surface area contributed by atoms with Crippen molar-refractivity contribution in [3.05, 3.63) is 47.5 Å². The number of aromatic nitrogens is 3. The lowest BCUT2D eigenvalue weighted by Crippen LogP contribution is -2.34. The molecule has 5 nitrogen and oxygen atoms in total. The van der Waals surface area contributed by atoms with Gasteiger partial charge >= 0.3 is 0 Å². The van der Waals surface area contributed by atoms with Crippen LogP contribution in [0.3, 0.4) is 0 Å². The molecule has 2 aromatic heterocycles. The van der Waals surface area contributed by atoms with Crippen LogP contribution in [0.15, 0.2) is 30.7 Å². The average molecular weight is 326 g/mol. The van der Waals surface area contributed by atoms with Gasteiger partial charge in [-0.15, -0.1) is 0 Å². The third-order valence-corrected chi connectivity index (χ3v) is 4.98. The molecule has 0 aromatic carbocycles. The van der Waals surface area contributed by atoms with Crippen molar-refractivity contribution >= 4 is 0 Å². The molecule has 1 unspecified atom stereocenters. The molecule has 0 amide bonds. The molecule has 0 radical (unpaired) electrons. The maximum Gasteiger partial charge on any atom is 0.0801 e. The lowest BCUT2D eigenvalue weighted by Gasteiger charge is -2.31. The first-order valence-electron chi connectivity index (χ1n) is 9.07. The largest absolute Gasteiger partial charge is 0.381 e.